The normalized spacial score (nSPS) is 20.3. The first kappa shape index (κ1) is 12.2. The average molecular weight is 253 g/mol. The number of carbonyl (C=O) groups excluding carboxylic acids is 1. The third kappa shape index (κ3) is 3.13. The van der Waals surface area contributed by atoms with Crippen LogP contribution in [0.3, 0.4) is 0 Å². The van der Waals surface area contributed by atoms with Gasteiger partial charge in [0.15, 0.2) is 0 Å². The minimum Gasteiger partial charge on any atom is -0.370 e. The Kier molecular flexibility index (Phi) is 3.89. The second-order valence-corrected chi connectivity index (χ2v) is 4.93. The molecule has 1 atom stereocenters. The highest BCUT2D eigenvalue weighted by molar-refractivity contribution is 6.30. The molecule has 3 nitrogen and oxygen atoms in total. The molecule has 0 aromatic heterocycles. The van der Waals surface area contributed by atoms with Gasteiger partial charge >= 0.3 is 0 Å². The van der Waals surface area contributed by atoms with Crippen LogP contribution in [0.1, 0.15) is 25.7 Å². The Balaban J connectivity index is 2.18. The second-order valence-electron chi connectivity index (χ2n) is 4.49. The monoisotopic (exact) mass is 252 g/mol. The highest BCUT2D eigenvalue weighted by Crippen LogP contribution is 2.28. The number of nitrogens with zero attached hydrogens (tertiary/aromatic N) is 1. The summed E-state index contributed by atoms with van der Waals surface area (Å²) in [7, 11) is 0. The molecular weight excluding hydrogens is 236 g/mol. The molecular formula is C13H17ClN2O. The maximum atomic E-state index is 11.1. The van der Waals surface area contributed by atoms with Gasteiger partial charge in [0.05, 0.1) is 0 Å². The number of hydrogen-bond donors (Lipinski definition) is 1. The van der Waals surface area contributed by atoms with Gasteiger partial charge < -0.3 is 10.6 Å². The Morgan fingerprint density at radius 1 is 1.47 bits per heavy atom. The fraction of sp³-hybridized carbons (Fsp3) is 0.462. The van der Waals surface area contributed by atoms with Crippen molar-refractivity contribution in [2.75, 3.05) is 11.4 Å². The minimum atomic E-state index is -0.232. The maximum Gasteiger partial charge on any atom is 0.219 e. The lowest BCUT2D eigenvalue weighted by Crippen LogP contribution is -2.41. The van der Waals surface area contributed by atoms with Crippen LogP contribution in [0.2, 0.25) is 5.02 Å². The quantitative estimate of drug-likeness (QED) is 0.899. The van der Waals surface area contributed by atoms with Gasteiger partial charge in [0.1, 0.15) is 0 Å². The maximum absolute atomic E-state index is 11.1. The van der Waals surface area contributed by atoms with E-state index in [1.54, 1.807) is 0 Å². The first-order valence-corrected chi connectivity index (χ1v) is 6.35. The molecule has 1 fully saturated rings. The van der Waals surface area contributed by atoms with Crippen molar-refractivity contribution in [3.63, 3.8) is 0 Å². The van der Waals surface area contributed by atoms with Crippen molar-refractivity contribution in [1.82, 2.24) is 0 Å². The number of anilines is 1. The summed E-state index contributed by atoms with van der Waals surface area (Å²) in [6.45, 7) is 0.971. The summed E-state index contributed by atoms with van der Waals surface area (Å²) in [4.78, 5) is 13.3. The molecule has 1 aliphatic rings. The summed E-state index contributed by atoms with van der Waals surface area (Å²) in [5, 5.41) is 0.728. The van der Waals surface area contributed by atoms with E-state index in [0.717, 1.165) is 36.5 Å². The van der Waals surface area contributed by atoms with Crippen LogP contribution in [0, 0.1) is 0 Å². The zero-order valence-corrected chi connectivity index (χ0v) is 10.5. The van der Waals surface area contributed by atoms with E-state index in [-0.39, 0.29) is 11.9 Å². The number of carbonyl (C=O) groups is 1. The van der Waals surface area contributed by atoms with E-state index in [1.807, 2.05) is 24.3 Å². The third-order valence-corrected chi connectivity index (χ3v) is 3.44. The zero-order valence-electron chi connectivity index (χ0n) is 9.73. The summed E-state index contributed by atoms with van der Waals surface area (Å²) in [5.41, 5.74) is 6.39. The van der Waals surface area contributed by atoms with Gasteiger partial charge in [0.25, 0.3) is 0 Å². The molecule has 1 unspecified atom stereocenters. The number of primary amides is 1. The molecule has 92 valence electrons. The molecule has 1 heterocycles. The van der Waals surface area contributed by atoms with Crippen molar-refractivity contribution < 1.29 is 4.79 Å². The highest BCUT2D eigenvalue weighted by Gasteiger charge is 2.24. The molecule has 0 saturated carbocycles. The Morgan fingerprint density at radius 3 is 3.00 bits per heavy atom. The summed E-state index contributed by atoms with van der Waals surface area (Å²) in [6, 6.07) is 8.00. The number of rotatable bonds is 3. The van der Waals surface area contributed by atoms with Crippen LogP contribution >= 0.6 is 11.6 Å². The number of hydrogen-bond acceptors (Lipinski definition) is 2. The van der Waals surface area contributed by atoms with Crippen molar-refractivity contribution >= 4 is 23.2 Å². The topological polar surface area (TPSA) is 46.3 Å². The SMILES string of the molecule is NC(=O)CC1CCCCN1c1cccc(Cl)c1. The van der Waals surface area contributed by atoms with Gasteiger partial charge in [0, 0.05) is 29.7 Å². The number of benzene rings is 1. The van der Waals surface area contributed by atoms with Crippen LogP contribution in [0.5, 0.6) is 0 Å². The lowest BCUT2D eigenvalue weighted by Gasteiger charge is -2.37. The lowest BCUT2D eigenvalue weighted by molar-refractivity contribution is -0.118. The van der Waals surface area contributed by atoms with Gasteiger partial charge in [-0.1, -0.05) is 17.7 Å². The number of piperidine rings is 1. The number of amides is 1. The van der Waals surface area contributed by atoms with Crippen molar-refractivity contribution in [3.05, 3.63) is 29.3 Å². The van der Waals surface area contributed by atoms with Crippen molar-refractivity contribution in [3.8, 4) is 0 Å². The molecule has 0 spiro atoms. The van der Waals surface area contributed by atoms with Gasteiger partial charge in [-0.2, -0.15) is 0 Å². The predicted octanol–water partition coefficient (Wildman–Crippen LogP) is 2.57. The molecule has 4 heteroatoms. The Labute approximate surface area is 107 Å². The van der Waals surface area contributed by atoms with Gasteiger partial charge in [-0.25, -0.2) is 0 Å². The summed E-state index contributed by atoms with van der Waals surface area (Å²) < 4.78 is 0. The Morgan fingerprint density at radius 2 is 2.29 bits per heavy atom. The average Bonchev–Trinajstić information content (AvgIpc) is 2.29. The van der Waals surface area contributed by atoms with Gasteiger partial charge in [-0.05, 0) is 37.5 Å². The largest absolute Gasteiger partial charge is 0.370 e. The van der Waals surface area contributed by atoms with E-state index >= 15 is 0 Å². The first-order chi connectivity index (χ1) is 8.16. The summed E-state index contributed by atoms with van der Waals surface area (Å²) >= 11 is 6.00. The van der Waals surface area contributed by atoms with Crippen LogP contribution in [0.4, 0.5) is 5.69 Å². The molecule has 0 aliphatic carbocycles. The van der Waals surface area contributed by atoms with Crippen LogP contribution in [0.25, 0.3) is 0 Å². The van der Waals surface area contributed by atoms with Crippen molar-refractivity contribution in [2.45, 2.75) is 31.7 Å². The van der Waals surface area contributed by atoms with E-state index in [4.69, 9.17) is 17.3 Å². The smallest absolute Gasteiger partial charge is 0.219 e. The van der Waals surface area contributed by atoms with E-state index < -0.39 is 0 Å². The molecule has 1 aliphatic heterocycles. The van der Waals surface area contributed by atoms with E-state index in [9.17, 15) is 4.79 Å². The molecule has 1 aromatic carbocycles. The van der Waals surface area contributed by atoms with Gasteiger partial charge in [-0.3, -0.25) is 4.79 Å². The van der Waals surface area contributed by atoms with Gasteiger partial charge in [-0.15, -0.1) is 0 Å². The third-order valence-electron chi connectivity index (χ3n) is 3.20. The Bertz CT molecular complexity index is 408. The summed E-state index contributed by atoms with van der Waals surface area (Å²) in [5.74, 6) is -0.232. The molecule has 17 heavy (non-hydrogen) atoms. The standard InChI is InChI=1S/C13H17ClN2O/c14-10-4-3-6-11(8-10)16-7-2-1-5-12(16)9-13(15)17/h3-4,6,8,12H,1-2,5,7,9H2,(H2,15,17). The molecule has 2 N–H and O–H groups in total. The fourth-order valence-corrected chi connectivity index (χ4v) is 2.62. The highest BCUT2D eigenvalue weighted by atomic mass is 35.5. The molecule has 1 amide bonds. The molecule has 0 radical (unpaired) electrons. The molecule has 1 saturated heterocycles. The van der Waals surface area contributed by atoms with Crippen molar-refractivity contribution in [1.29, 1.82) is 0 Å². The second kappa shape index (κ2) is 5.41. The molecule has 2 rings (SSSR count). The number of halogens is 1. The van der Waals surface area contributed by atoms with Crippen molar-refractivity contribution in [2.24, 2.45) is 5.73 Å². The number of nitrogens with two attached hydrogens (primary N) is 1. The Hall–Kier alpha value is -1.22. The fourth-order valence-electron chi connectivity index (χ4n) is 2.44. The lowest BCUT2D eigenvalue weighted by atomic mass is 9.98. The zero-order chi connectivity index (χ0) is 12.3. The van der Waals surface area contributed by atoms with E-state index in [0.29, 0.717) is 6.42 Å². The minimum absolute atomic E-state index is 0.222. The summed E-state index contributed by atoms with van der Waals surface area (Å²) in [6.07, 6.45) is 3.76. The van der Waals surface area contributed by atoms with Crippen LogP contribution in [0.15, 0.2) is 24.3 Å². The van der Waals surface area contributed by atoms with E-state index in [2.05, 4.69) is 4.90 Å². The molecule has 1 aromatic rings. The van der Waals surface area contributed by atoms with E-state index in [1.165, 1.54) is 0 Å². The first-order valence-electron chi connectivity index (χ1n) is 5.97. The molecule has 0 bridgehead atoms. The van der Waals surface area contributed by atoms with Crippen LogP contribution in [-0.4, -0.2) is 18.5 Å². The van der Waals surface area contributed by atoms with Crippen LogP contribution < -0.4 is 10.6 Å². The van der Waals surface area contributed by atoms with Gasteiger partial charge in [0.2, 0.25) is 5.91 Å². The van der Waals surface area contributed by atoms with Crippen LogP contribution in [-0.2, 0) is 4.79 Å². The predicted molar refractivity (Wildman–Crippen MR) is 70.2 cm³/mol.